The molecular weight excluding hydrogens is 334 g/mol. The van der Waals surface area contributed by atoms with E-state index < -0.39 is 11.9 Å². The van der Waals surface area contributed by atoms with Crippen LogP contribution in [0.5, 0.6) is 0 Å². The average molecular weight is 346 g/mol. The van der Waals surface area contributed by atoms with Gasteiger partial charge in [-0.15, -0.1) is 0 Å². The van der Waals surface area contributed by atoms with Crippen LogP contribution in [0.25, 0.3) is 11.0 Å². The molecule has 2 aromatic heterocycles. The number of nitrogens with zero attached hydrogens (tertiary/aromatic N) is 1. The van der Waals surface area contributed by atoms with Gasteiger partial charge in [0.05, 0.1) is 12.0 Å². The van der Waals surface area contributed by atoms with Gasteiger partial charge in [-0.3, -0.25) is 9.78 Å². The molecule has 0 amide bonds. The maximum Gasteiger partial charge on any atom is 0.312 e. The summed E-state index contributed by atoms with van der Waals surface area (Å²) in [6.07, 6.45) is 3.52. The Morgan fingerprint density at radius 1 is 1.24 bits per heavy atom. The average Bonchev–Trinajstić information content (AvgIpc) is 2.95. The number of pyridine rings is 1. The summed E-state index contributed by atoms with van der Waals surface area (Å²) in [5, 5.41) is 10.3. The Morgan fingerprint density at radius 3 is 2.71 bits per heavy atom. The molecule has 3 aromatic rings. The second kappa shape index (κ2) is 5.69. The number of benzene rings is 1. The highest BCUT2D eigenvalue weighted by atomic mass is 79.9. The molecule has 1 unspecified atom stereocenters. The number of furan rings is 1. The molecule has 21 heavy (non-hydrogen) atoms. The molecule has 0 fully saturated rings. The largest absolute Gasteiger partial charge is 0.481 e. The zero-order valence-electron chi connectivity index (χ0n) is 11.0. The van der Waals surface area contributed by atoms with Crippen LogP contribution in [0.3, 0.4) is 0 Å². The summed E-state index contributed by atoms with van der Waals surface area (Å²) in [5.74, 6) is -1.59. The van der Waals surface area contributed by atoms with Crippen LogP contribution >= 0.6 is 15.9 Å². The fourth-order valence-electron chi connectivity index (χ4n) is 2.35. The van der Waals surface area contributed by atoms with Gasteiger partial charge in [0.2, 0.25) is 0 Å². The van der Waals surface area contributed by atoms with E-state index in [0.717, 1.165) is 15.4 Å². The van der Waals surface area contributed by atoms with E-state index in [2.05, 4.69) is 20.9 Å². The third kappa shape index (κ3) is 2.83. The van der Waals surface area contributed by atoms with Crippen molar-refractivity contribution in [2.75, 3.05) is 0 Å². The minimum Gasteiger partial charge on any atom is -0.481 e. The summed E-state index contributed by atoms with van der Waals surface area (Å²) in [4.78, 5) is 15.9. The second-order valence-electron chi connectivity index (χ2n) is 4.75. The Hall–Kier alpha value is -2.14. The normalized spacial score (nSPS) is 12.4. The molecule has 0 aliphatic heterocycles. The number of carbonyl (C=O) groups is 1. The van der Waals surface area contributed by atoms with Gasteiger partial charge in [-0.1, -0.05) is 28.1 Å². The third-order valence-electron chi connectivity index (χ3n) is 3.39. The maximum absolute atomic E-state index is 11.7. The Balaban J connectivity index is 2.00. The van der Waals surface area contributed by atoms with Gasteiger partial charge in [0, 0.05) is 16.1 Å². The molecule has 0 bridgehead atoms. The van der Waals surface area contributed by atoms with Gasteiger partial charge in [-0.25, -0.2) is 0 Å². The van der Waals surface area contributed by atoms with Crippen molar-refractivity contribution in [3.05, 3.63) is 64.6 Å². The zero-order valence-corrected chi connectivity index (χ0v) is 12.6. The second-order valence-corrected chi connectivity index (χ2v) is 5.67. The molecule has 0 spiro atoms. The Morgan fingerprint density at radius 2 is 2.00 bits per heavy atom. The summed E-state index contributed by atoms with van der Waals surface area (Å²) >= 11 is 3.37. The van der Waals surface area contributed by atoms with Crippen LogP contribution in [-0.4, -0.2) is 16.1 Å². The van der Waals surface area contributed by atoms with Crippen molar-refractivity contribution in [1.29, 1.82) is 0 Å². The molecule has 106 valence electrons. The van der Waals surface area contributed by atoms with E-state index in [-0.39, 0.29) is 0 Å². The molecule has 0 aliphatic carbocycles. The molecule has 0 saturated carbocycles. The van der Waals surface area contributed by atoms with Crippen molar-refractivity contribution in [3.8, 4) is 0 Å². The van der Waals surface area contributed by atoms with Crippen LogP contribution in [0.4, 0.5) is 0 Å². The van der Waals surface area contributed by atoms with Gasteiger partial charge in [0.25, 0.3) is 0 Å². The lowest BCUT2D eigenvalue weighted by atomic mass is 9.94. The number of halogens is 1. The molecule has 1 atom stereocenters. The standard InChI is InChI=1S/C16H12BrNO3/c17-11-3-1-10(2-4-11)9-13(16(19)20)15-12-6-8-21-14(12)5-7-18-15/h1-8,13H,9H2,(H,19,20). The maximum atomic E-state index is 11.7. The van der Waals surface area contributed by atoms with Crippen molar-refractivity contribution < 1.29 is 14.3 Å². The van der Waals surface area contributed by atoms with Gasteiger partial charge < -0.3 is 9.52 Å². The highest BCUT2D eigenvalue weighted by Gasteiger charge is 2.24. The van der Waals surface area contributed by atoms with Crippen molar-refractivity contribution in [2.24, 2.45) is 0 Å². The lowest BCUT2D eigenvalue weighted by Crippen LogP contribution is -2.16. The lowest BCUT2D eigenvalue weighted by molar-refractivity contribution is -0.138. The Bertz CT molecular complexity index is 780. The van der Waals surface area contributed by atoms with Crippen LogP contribution in [0.1, 0.15) is 17.2 Å². The van der Waals surface area contributed by atoms with Crippen molar-refractivity contribution in [3.63, 3.8) is 0 Å². The van der Waals surface area contributed by atoms with E-state index in [1.54, 1.807) is 24.6 Å². The first-order chi connectivity index (χ1) is 10.1. The van der Waals surface area contributed by atoms with Gasteiger partial charge in [-0.05, 0) is 36.2 Å². The smallest absolute Gasteiger partial charge is 0.312 e. The van der Waals surface area contributed by atoms with Gasteiger partial charge in [0.1, 0.15) is 11.5 Å². The molecule has 3 rings (SSSR count). The number of fused-ring (bicyclic) bond motifs is 1. The number of aromatic nitrogens is 1. The number of rotatable bonds is 4. The summed E-state index contributed by atoms with van der Waals surface area (Å²) in [5.41, 5.74) is 2.15. The van der Waals surface area contributed by atoms with Crippen LogP contribution < -0.4 is 0 Å². The summed E-state index contributed by atoms with van der Waals surface area (Å²) in [6, 6.07) is 11.1. The van der Waals surface area contributed by atoms with Crippen LogP contribution in [-0.2, 0) is 11.2 Å². The minimum absolute atomic E-state index is 0.389. The van der Waals surface area contributed by atoms with Crippen molar-refractivity contribution >= 4 is 32.9 Å². The topological polar surface area (TPSA) is 63.3 Å². The summed E-state index contributed by atoms with van der Waals surface area (Å²) in [7, 11) is 0. The van der Waals surface area contributed by atoms with Crippen LogP contribution in [0.2, 0.25) is 0 Å². The number of carboxylic acids is 1. The zero-order chi connectivity index (χ0) is 14.8. The number of aliphatic carboxylic acids is 1. The van der Waals surface area contributed by atoms with Gasteiger partial charge in [0.15, 0.2) is 0 Å². The molecule has 4 nitrogen and oxygen atoms in total. The van der Waals surface area contributed by atoms with E-state index >= 15 is 0 Å². The molecule has 5 heteroatoms. The quantitative estimate of drug-likeness (QED) is 0.776. The van der Waals surface area contributed by atoms with Crippen LogP contribution in [0.15, 0.2) is 57.7 Å². The lowest BCUT2D eigenvalue weighted by Gasteiger charge is -2.13. The van der Waals surface area contributed by atoms with Crippen molar-refractivity contribution in [2.45, 2.75) is 12.3 Å². The highest BCUT2D eigenvalue weighted by molar-refractivity contribution is 9.10. The third-order valence-corrected chi connectivity index (χ3v) is 3.92. The molecule has 1 N–H and O–H groups in total. The monoisotopic (exact) mass is 345 g/mol. The number of hydrogen-bond donors (Lipinski definition) is 1. The Kier molecular flexibility index (Phi) is 3.75. The minimum atomic E-state index is -0.890. The predicted octanol–water partition coefficient (Wildman–Crippen LogP) is 4.00. The van der Waals surface area contributed by atoms with E-state index in [1.807, 2.05) is 24.3 Å². The molecule has 2 heterocycles. The van der Waals surface area contributed by atoms with Crippen molar-refractivity contribution in [1.82, 2.24) is 4.98 Å². The Labute approximate surface area is 129 Å². The first-order valence-electron chi connectivity index (χ1n) is 6.44. The first-order valence-corrected chi connectivity index (χ1v) is 7.24. The summed E-state index contributed by atoms with van der Waals surface area (Å²) in [6.45, 7) is 0. The summed E-state index contributed by atoms with van der Waals surface area (Å²) < 4.78 is 6.28. The van der Waals surface area contributed by atoms with Gasteiger partial charge >= 0.3 is 5.97 Å². The SMILES string of the molecule is O=C(O)C(Cc1ccc(Br)cc1)c1nccc2occc12. The first kappa shape index (κ1) is 13.8. The van der Waals surface area contributed by atoms with E-state index in [0.29, 0.717) is 17.7 Å². The van der Waals surface area contributed by atoms with E-state index in [9.17, 15) is 9.90 Å². The number of carboxylic acid groups (broad SMARTS) is 1. The number of hydrogen-bond acceptors (Lipinski definition) is 3. The fourth-order valence-corrected chi connectivity index (χ4v) is 2.62. The van der Waals surface area contributed by atoms with E-state index in [1.165, 1.54) is 0 Å². The van der Waals surface area contributed by atoms with Crippen LogP contribution in [0, 0.1) is 0 Å². The molecule has 0 aliphatic rings. The van der Waals surface area contributed by atoms with Gasteiger partial charge in [-0.2, -0.15) is 0 Å². The van der Waals surface area contributed by atoms with E-state index in [4.69, 9.17) is 4.42 Å². The molecule has 1 aromatic carbocycles. The highest BCUT2D eigenvalue weighted by Crippen LogP contribution is 2.28. The fraction of sp³-hybridized carbons (Fsp3) is 0.125. The molecular formula is C16H12BrNO3. The molecule has 0 radical (unpaired) electrons. The molecule has 0 saturated heterocycles. The predicted molar refractivity (Wildman–Crippen MR) is 82.2 cm³/mol.